The van der Waals surface area contributed by atoms with Crippen molar-refractivity contribution in [3.05, 3.63) is 0 Å². The van der Waals surface area contributed by atoms with E-state index >= 15 is 0 Å². The summed E-state index contributed by atoms with van der Waals surface area (Å²) >= 11 is 0. The molecule has 0 fully saturated rings. The minimum absolute atomic E-state index is 0. The number of rotatable bonds is 2. The number of carbonyl (C=O) groups excluding carboxylic acids is 2. The summed E-state index contributed by atoms with van der Waals surface area (Å²) in [5.74, 6) is -1.82. The van der Waals surface area contributed by atoms with Crippen molar-refractivity contribution in [2.24, 2.45) is 5.73 Å². The van der Waals surface area contributed by atoms with Crippen LogP contribution in [0.15, 0.2) is 0 Å². The van der Waals surface area contributed by atoms with Crippen LogP contribution in [0.1, 0.15) is 8.35 Å². The van der Waals surface area contributed by atoms with Gasteiger partial charge in [-0.2, -0.15) is 0 Å². The number of aliphatic hydroxyl groups excluding tert-OH is 1. The van der Waals surface area contributed by atoms with E-state index in [1.807, 2.05) is 0 Å². The van der Waals surface area contributed by atoms with E-state index in [-0.39, 0.29) is 37.5 Å². The van der Waals surface area contributed by atoms with Crippen molar-refractivity contribution in [1.29, 1.82) is 0 Å². The molecule has 0 aromatic carbocycles. The minimum atomic E-state index is -1.28. The van der Waals surface area contributed by atoms with Gasteiger partial charge in [0.25, 0.3) is 0 Å². The van der Waals surface area contributed by atoms with Crippen LogP contribution in [0.3, 0.4) is 0 Å². The second kappa shape index (κ2) is 6.75. The molecule has 0 heterocycles. The molecule has 0 amide bonds. The van der Waals surface area contributed by atoms with Gasteiger partial charge in [0.2, 0.25) is 0 Å². The van der Waals surface area contributed by atoms with Gasteiger partial charge in [0.1, 0.15) is 6.10 Å². The van der Waals surface area contributed by atoms with Crippen LogP contribution in [-0.2, 0) is 14.3 Å². The molecule has 0 spiro atoms. The van der Waals surface area contributed by atoms with Crippen molar-refractivity contribution in [2.45, 2.75) is 13.0 Å². The first-order chi connectivity index (χ1) is 4.57. The van der Waals surface area contributed by atoms with E-state index in [1.54, 1.807) is 0 Å². The maximum atomic E-state index is 10.4. The summed E-state index contributed by atoms with van der Waals surface area (Å²) in [5.41, 5.74) is 4.81. The zero-order chi connectivity index (χ0) is 8.15. The number of hydrogen-bond donors (Lipinski definition) is 2. The summed E-state index contributed by atoms with van der Waals surface area (Å²) in [4.78, 5) is 20.6. The monoisotopic (exact) mass is 171 g/mol. The third kappa shape index (κ3) is 6.46. The predicted molar refractivity (Wildman–Crippen MR) is 32.9 cm³/mol. The zero-order valence-electron chi connectivity index (χ0n) is 7.53. The molecular weight excluding hydrogens is 161 g/mol. The van der Waals surface area contributed by atoms with Gasteiger partial charge in [-0.3, -0.25) is 4.79 Å². The van der Waals surface area contributed by atoms with E-state index in [4.69, 9.17) is 10.8 Å². The Bertz CT molecular complexity index is 152. The first kappa shape index (κ1) is 13.6. The summed E-state index contributed by atoms with van der Waals surface area (Å²) in [6, 6.07) is 0. The molecule has 5 nitrogen and oxygen atoms in total. The third-order valence-corrected chi connectivity index (χ3v) is 0.722. The fourth-order valence-corrected chi connectivity index (χ4v) is 0.239. The Morgan fingerprint density at radius 3 is 2.45 bits per heavy atom. The molecule has 6 heteroatoms. The van der Waals surface area contributed by atoms with Crippen LogP contribution in [0.5, 0.6) is 0 Å². The fraction of sp³-hybridized carbons (Fsp3) is 0.600. The fourth-order valence-electron chi connectivity index (χ4n) is 0.239. The Labute approximate surface area is 87.7 Å². The van der Waals surface area contributed by atoms with Crippen molar-refractivity contribution in [2.75, 3.05) is 6.54 Å². The molecule has 3 N–H and O–H groups in total. The largest absolute Gasteiger partial charge is 1.00 e. The molecule has 60 valence electrons. The zero-order valence-corrected chi connectivity index (χ0v) is 8.53. The van der Waals surface area contributed by atoms with E-state index in [9.17, 15) is 9.59 Å². The van der Waals surface area contributed by atoms with Gasteiger partial charge in [-0.15, -0.1) is 0 Å². The second-order valence-electron chi connectivity index (χ2n) is 1.67. The van der Waals surface area contributed by atoms with Crippen LogP contribution in [-0.4, -0.2) is 29.7 Å². The molecule has 0 aromatic rings. The van der Waals surface area contributed by atoms with Crippen molar-refractivity contribution in [3.8, 4) is 0 Å². The van der Waals surface area contributed by atoms with E-state index in [1.165, 1.54) is 6.92 Å². The molecule has 0 rings (SSSR count). The molecule has 0 radical (unpaired) electrons. The van der Waals surface area contributed by atoms with Gasteiger partial charge in [-0.05, 0) is 6.92 Å². The summed E-state index contributed by atoms with van der Waals surface area (Å²) in [6.45, 7) is 0.838. The molecule has 0 saturated carbocycles. The molecule has 1 unspecified atom stereocenters. The predicted octanol–water partition coefficient (Wildman–Crippen LogP) is -4.49. The summed E-state index contributed by atoms with van der Waals surface area (Å²) in [6.07, 6.45) is -1.28. The molecular formula is C5H10NNaO4. The third-order valence-electron chi connectivity index (χ3n) is 0.722. The van der Waals surface area contributed by atoms with Crippen LogP contribution in [0.4, 0.5) is 0 Å². The SMILES string of the molecule is CC(O)C(=O)OC(=O)CN.[H-].[Na+]. The van der Waals surface area contributed by atoms with Crippen molar-refractivity contribution in [3.63, 3.8) is 0 Å². The number of esters is 2. The van der Waals surface area contributed by atoms with Gasteiger partial charge < -0.3 is 17.0 Å². The number of aliphatic hydroxyl groups is 1. The first-order valence-corrected chi connectivity index (χ1v) is 2.70. The van der Waals surface area contributed by atoms with E-state index in [2.05, 4.69) is 4.74 Å². The van der Waals surface area contributed by atoms with Crippen molar-refractivity contribution < 1.29 is 50.4 Å². The first-order valence-electron chi connectivity index (χ1n) is 2.70. The molecule has 0 aliphatic rings. The van der Waals surface area contributed by atoms with Gasteiger partial charge in [0.15, 0.2) is 0 Å². The van der Waals surface area contributed by atoms with Crippen LogP contribution in [0.2, 0.25) is 0 Å². The number of carbonyl (C=O) groups is 2. The molecule has 0 aliphatic heterocycles. The molecule has 0 saturated heterocycles. The standard InChI is InChI=1S/C5H9NO4.Na.H/c1-3(7)5(9)10-4(8)2-6;;/h3,7H,2,6H2,1H3;;/q;+1;-1. The number of ether oxygens (including phenoxy) is 1. The van der Waals surface area contributed by atoms with Gasteiger partial charge in [0, 0.05) is 0 Å². The Morgan fingerprint density at radius 2 is 2.18 bits per heavy atom. The Balaban J connectivity index is -0.000000405. The van der Waals surface area contributed by atoms with Gasteiger partial charge in [0.05, 0.1) is 6.54 Å². The maximum Gasteiger partial charge on any atom is 1.00 e. The molecule has 11 heavy (non-hydrogen) atoms. The molecule has 0 aromatic heterocycles. The maximum absolute atomic E-state index is 10.4. The van der Waals surface area contributed by atoms with Crippen molar-refractivity contribution >= 4 is 11.9 Å². The number of nitrogens with two attached hydrogens (primary N) is 1. The normalized spacial score (nSPS) is 11.2. The average Bonchev–Trinajstić information content (AvgIpc) is 1.87. The topological polar surface area (TPSA) is 89.6 Å². The van der Waals surface area contributed by atoms with E-state index < -0.39 is 18.0 Å². The van der Waals surface area contributed by atoms with Gasteiger partial charge in [-0.25, -0.2) is 4.79 Å². The van der Waals surface area contributed by atoms with Crippen LogP contribution in [0.25, 0.3) is 0 Å². The quantitative estimate of drug-likeness (QED) is 0.248. The molecule has 0 bridgehead atoms. The Morgan fingerprint density at radius 1 is 1.73 bits per heavy atom. The number of hydrogen-bond acceptors (Lipinski definition) is 5. The molecule has 1 atom stereocenters. The van der Waals surface area contributed by atoms with Crippen LogP contribution >= 0.6 is 0 Å². The average molecular weight is 171 g/mol. The minimum Gasteiger partial charge on any atom is -1.00 e. The summed E-state index contributed by atoms with van der Waals surface area (Å²) in [5, 5.41) is 8.50. The summed E-state index contributed by atoms with van der Waals surface area (Å²) < 4.78 is 4.01. The van der Waals surface area contributed by atoms with Gasteiger partial charge in [-0.1, -0.05) is 0 Å². The Hall–Kier alpha value is 0.0600. The van der Waals surface area contributed by atoms with E-state index in [0.29, 0.717) is 0 Å². The smallest absolute Gasteiger partial charge is 1.00 e. The van der Waals surface area contributed by atoms with Crippen LogP contribution in [0, 0.1) is 0 Å². The molecule has 0 aliphatic carbocycles. The van der Waals surface area contributed by atoms with Crippen LogP contribution < -0.4 is 35.3 Å². The Kier molecular flexibility index (Phi) is 8.37. The van der Waals surface area contributed by atoms with E-state index in [0.717, 1.165) is 0 Å². The van der Waals surface area contributed by atoms with Crippen molar-refractivity contribution in [1.82, 2.24) is 0 Å². The van der Waals surface area contributed by atoms with Gasteiger partial charge >= 0.3 is 41.5 Å². The summed E-state index contributed by atoms with van der Waals surface area (Å²) in [7, 11) is 0. The second-order valence-corrected chi connectivity index (χ2v) is 1.67.